The van der Waals surface area contributed by atoms with Gasteiger partial charge in [-0.15, -0.1) is 0 Å². The number of carbonyl (C=O) groups excluding carboxylic acids is 1. The number of aliphatic imine (C=N–C) groups is 1. The van der Waals surface area contributed by atoms with Crippen molar-refractivity contribution in [2.24, 2.45) is 4.99 Å². The topological polar surface area (TPSA) is 56.7 Å². The molecule has 1 unspecified atom stereocenters. The molecule has 1 heterocycles. The van der Waals surface area contributed by atoms with E-state index in [1.165, 1.54) is 16.7 Å². The van der Waals surface area contributed by atoms with E-state index < -0.39 is 0 Å². The molecular formula is C25H34N4O. The van der Waals surface area contributed by atoms with Crippen molar-refractivity contribution >= 4 is 11.9 Å². The van der Waals surface area contributed by atoms with Gasteiger partial charge >= 0.3 is 0 Å². The molecule has 0 saturated carbocycles. The van der Waals surface area contributed by atoms with Gasteiger partial charge in [-0.1, -0.05) is 61.5 Å². The number of benzene rings is 2. The van der Waals surface area contributed by atoms with E-state index in [-0.39, 0.29) is 5.91 Å². The molecule has 1 aliphatic rings. The van der Waals surface area contributed by atoms with E-state index in [0.717, 1.165) is 51.5 Å². The van der Waals surface area contributed by atoms with Crippen LogP contribution < -0.4 is 10.6 Å². The van der Waals surface area contributed by atoms with Gasteiger partial charge in [-0.25, -0.2) is 0 Å². The lowest BCUT2D eigenvalue weighted by Gasteiger charge is -2.29. The molecule has 2 aromatic carbocycles. The molecule has 30 heavy (non-hydrogen) atoms. The number of carbonyl (C=O) groups is 1. The Labute approximate surface area is 180 Å². The third-order valence-corrected chi connectivity index (χ3v) is 5.58. The lowest BCUT2D eigenvalue weighted by atomic mass is 9.99. The lowest BCUT2D eigenvalue weighted by molar-refractivity contribution is -0.132. The largest absolute Gasteiger partial charge is 0.357 e. The summed E-state index contributed by atoms with van der Waals surface area (Å²) in [5.41, 5.74) is 3.95. The zero-order valence-corrected chi connectivity index (χ0v) is 18.2. The summed E-state index contributed by atoms with van der Waals surface area (Å²) in [5, 5.41) is 6.67. The van der Waals surface area contributed by atoms with Crippen LogP contribution in [0.25, 0.3) is 0 Å². The molecule has 0 spiro atoms. The highest BCUT2D eigenvalue weighted by atomic mass is 16.2. The number of hydrogen-bond acceptors (Lipinski definition) is 2. The first-order valence-electron chi connectivity index (χ1n) is 11.1. The molecule has 5 heteroatoms. The molecule has 5 nitrogen and oxygen atoms in total. The molecule has 0 aliphatic carbocycles. The quantitative estimate of drug-likeness (QED) is 0.399. The van der Waals surface area contributed by atoms with Crippen LogP contribution in [0.2, 0.25) is 0 Å². The fraction of sp³-hybridized carbons (Fsp3) is 0.440. The Bertz CT molecular complexity index is 834. The first-order chi connectivity index (χ1) is 14.7. The van der Waals surface area contributed by atoms with Crippen LogP contribution >= 0.6 is 0 Å². The minimum absolute atomic E-state index is 0.242. The summed E-state index contributed by atoms with van der Waals surface area (Å²) in [7, 11) is 0. The highest BCUT2D eigenvalue weighted by Gasteiger charge is 2.19. The Morgan fingerprint density at radius 1 is 1.07 bits per heavy atom. The average Bonchev–Trinajstić information content (AvgIpc) is 2.80. The van der Waals surface area contributed by atoms with Crippen molar-refractivity contribution in [1.29, 1.82) is 0 Å². The number of rotatable bonds is 8. The Morgan fingerprint density at radius 2 is 1.80 bits per heavy atom. The Balaban J connectivity index is 1.41. The first-order valence-corrected chi connectivity index (χ1v) is 11.1. The zero-order chi connectivity index (χ0) is 21.2. The summed E-state index contributed by atoms with van der Waals surface area (Å²) < 4.78 is 0. The second-order valence-electron chi connectivity index (χ2n) is 7.90. The third-order valence-electron chi connectivity index (χ3n) is 5.58. The van der Waals surface area contributed by atoms with E-state index in [1.54, 1.807) is 0 Å². The van der Waals surface area contributed by atoms with E-state index in [9.17, 15) is 4.79 Å². The van der Waals surface area contributed by atoms with Gasteiger partial charge in [-0.05, 0) is 36.5 Å². The smallest absolute Gasteiger partial charge is 0.222 e. The first kappa shape index (κ1) is 21.9. The van der Waals surface area contributed by atoms with Crippen molar-refractivity contribution in [3.05, 3.63) is 71.3 Å². The number of nitrogens with zero attached hydrogens (tertiary/aromatic N) is 2. The summed E-state index contributed by atoms with van der Waals surface area (Å²) in [6, 6.07) is 18.9. The average molecular weight is 407 g/mol. The molecule has 0 radical (unpaired) electrons. The highest BCUT2D eigenvalue weighted by molar-refractivity contribution is 5.80. The Kier molecular flexibility index (Phi) is 8.30. The normalized spacial score (nSPS) is 14.7. The van der Waals surface area contributed by atoms with E-state index in [1.807, 2.05) is 11.0 Å². The van der Waals surface area contributed by atoms with Crippen LogP contribution in [-0.4, -0.2) is 42.9 Å². The second-order valence-corrected chi connectivity index (χ2v) is 7.90. The number of fused-ring (bicyclic) bond motifs is 1. The molecule has 1 amide bonds. The fourth-order valence-corrected chi connectivity index (χ4v) is 3.77. The predicted molar refractivity (Wildman–Crippen MR) is 124 cm³/mol. The van der Waals surface area contributed by atoms with Gasteiger partial charge in [0.1, 0.15) is 0 Å². The van der Waals surface area contributed by atoms with Crippen molar-refractivity contribution in [2.75, 3.05) is 26.2 Å². The van der Waals surface area contributed by atoms with E-state index in [0.29, 0.717) is 12.3 Å². The summed E-state index contributed by atoms with van der Waals surface area (Å²) >= 11 is 0. The standard InChI is InChI=1S/C25H34N4O/c1-3-26-25(28-18-20(2)21-10-5-4-6-11-21)27-16-9-14-24(30)29-17-15-22-12-7-8-13-23(22)19-29/h4-8,10-13,20H,3,9,14-19H2,1-2H3,(H2,26,27,28). The molecule has 2 N–H and O–H groups in total. The molecule has 0 saturated heterocycles. The van der Waals surface area contributed by atoms with E-state index in [4.69, 9.17) is 4.99 Å². The molecule has 1 atom stereocenters. The SMILES string of the molecule is CCNC(=NCC(C)c1ccccc1)NCCCC(=O)N1CCc2ccccc2C1. The summed E-state index contributed by atoms with van der Waals surface area (Å²) in [6.07, 6.45) is 2.32. The van der Waals surface area contributed by atoms with Crippen LogP contribution in [-0.2, 0) is 17.8 Å². The molecule has 2 aromatic rings. The van der Waals surface area contributed by atoms with Crippen molar-refractivity contribution in [3.63, 3.8) is 0 Å². The molecule has 0 bridgehead atoms. The molecule has 0 fully saturated rings. The lowest BCUT2D eigenvalue weighted by Crippen LogP contribution is -2.39. The van der Waals surface area contributed by atoms with Gasteiger partial charge in [0, 0.05) is 45.1 Å². The predicted octanol–water partition coefficient (Wildman–Crippen LogP) is 3.71. The van der Waals surface area contributed by atoms with Crippen LogP contribution in [0.5, 0.6) is 0 Å². The van der Waals surface area contributed by atoms with Crippen LogP contribution in [0.4, 0.5) is 0 Å². The van der Waals surface area contributed by atoms with Crippen molar-refractivity contribution in [2.45, 2.75) is 45.6 Å². The maximum Gasteiger partial charge on any atom is 0.222 e. The number of guanidine groups is 1. The molecule has 3 rings (SSSR count). The van der Waals surface area contributed by atoms with Gasteiger partial charge in [0.25, 0.3) is 0 Å². The van der Waals surface area contributed by atoms with Gasteiger partial charge in [0.2, 0.25) is 5.91 Å². The van der Waals surface area contributed by atoms with Gasteiger partial charge in [0.15, 0.2) is 5.96 Å². The Morgan fingerprint density at radius 3 is 2.57 bits per heavy atom. The third kappa shape index (κ3) is 6.34. The van der Waals surface area contributed by atoms with Crippen molar-refractivity contribution < 1.29 is 4.79 Å². The van der Waals surface area contributed by atoms with Crippen LogP contribution in [0, 0.1) is 0 Å². The highest BCUT2D eigenvalue weighted by Crippen LogP contribution is 2.19. The number of amides is 1. The zero-order valence-electron chi connectivity index (χ0n) is 18.2. The van der Waals surface area contributed by atoms with E-state index in [2.05, 4.69) is 73.0 Å². The van der Waals surface area contributed by atoms with Crippen molar-refractivity contribution in [3.8, 4) is 0 Å². The maximum absolute atomic E-state index is 12.6. The summed E-state index contributed by atoms with van der Waals surface area (Å²) in [5.74, 6) is 1.43. The van der Waals surface area contributed by atoms with Crippen LogP contribution in [0.3, 0.4) is 0 Å². The molecule has 1 aliphatic heterocycles. The second kappa shape index (κ2) is 11.4. The van der Waals surface area contributed by atoms with Gasteiger partial charge in [-0.2, -0.15) is 0 Å². The molecule has 0 aromatic heterocycles. The summed E-state index contributed by atoms with van der Waals surface area (Å²) in [6.45, 7) is 8.10. The Hall–Kier alpha value is -2.82. The minimum Gasteiger partial charge on any atom is -0.357 e. The maximum atomic E-state index is 12.6. The van der Waals surface area contributed by atoms with Crippen LogP contribution in [0.15, 0.2) is 59.6 Å². The van der Waals surface area contributed by atoms with Gasteiger partial charge in [0.05, 0.1) is 0 Å². The minimum atomic E-state index is 0.242. The number of nitrogens with one attached hydrogen (secondary N) is 2. The monoisotopic (exact) mass is 406 g/mol. The number of hydrogen-bond donors (Lipinski definition) is 2. The van der Waals surface area contributed by atoms with Crippen LogP contribution in [0.1, 0.15) is 49.3 Å². The van der Waals surface area contributed by atoms with Crippen molar-refractivity contribution in [1.82, 2.24) is 15.5 Å². The summed E-state index contributed by atoms with van der Waals surface area (Å²) in [4.78, 5) is 19.3. The van der Waals surface area contributed by atoms with Gasteiger partial charge < -0.3 is 15.5 Å². The molecule has 160 valence electrons. The fourth-order valence-electron chi connectivity index (χ4n) is 3.77. The molecular weight excluding hydrogens is 372 g/mol. The van der Waals surface area contributed by atoms with E-state index >= 15 is 0 Å². The van der Waals surface area contributed by atoms with Gasteiger partial charge in [-0.3, -0.25) is 9.79 Å².